The Morgan fingerprint density at radius 2 is 2.33 bits per heavy atom. The Hall–Kier alpha value is -0.810. The lowest BCUT2D eigenvalue weighted by atomic mass is 10.0. The Balaban J connectivity index is 2.17. The molecule has 0 spiro atoms. The molecule has 0 bridgehead atoms. The highest BCUT2D eigenvalue weighted by atomic mass is 79.9. The molecule has 2 heterocycles. The fourth-order valence-electron chi connectivity index (χ4n) is 2.35. The van der Waals surface area contributed by atoms with Gasteiger partial charge < -0.3 is 14.6 Å². The summed E-state index contributed by atoms with van der Waals surface area (Å²) in [7, 11) is 0. The summed E-state index contributed by atoms with van der Waals surface area (Å²) < 4.78 is 5.67. The van der Waals surface area contributed by atoms with Crippen LogP contribution in [0.5, 0.6) is 0 Å². The molecule has 1 saturated heterocycles. The molecule has 0 aliphatic carbocycles. The van der Waals surface area contributed by atoms with Gasteiger partial charge in [0.25, 0.3) is 5.91 Å². The molecule has 1 aromatic heterocycles. The maximum Gasteiger partial charge on any atom is 0.258 e. The summed E-state index contributed by atoms with van der Waals surface area (Å²) in [6.45, 7) is 5.89. The van der Waals surface area contributed by atoms with Crippen LogP contribution in [0.2, 0.25) is 0 Å². The van der Waals surface area contributed by atoms with Crippen LogP contribution in [-0.4, -0.2) is 36.0 Å². The molecule has 1 amide bonds. The van der Waals surface area contributed by atoms with Gasteiger partial charge in [-0.1, -0.05) is 13.8 Å². The molecular weight excluding hydrogens is 296 g/mol. The van der Waals surface area contributed by atoms with Gasteiger partial charge in [-0.2, -0.15) is 0 Å². The van der Waals surface area contributed by atoms with E-state index in [2.05, 4.69) is 35.1 Å². The molecule has 5 heteroatoms. The lowest BCUT2D eigenvalue weighted by Gasteiger charge is -2.39. The van der Waals surface area contributed by atoms with Crippen LogP contribution in [0.4, 0.5) is 0 Å². The van der Waals surface area contributed by atoms with Gasteiger partial charge in [-0.15, -0.1) is 0 Å². The van der Waals surface area contributed by atoms with Crippen molar-refractivity contribution in [1.82, 2.24) is 10.2 Å². The highest BCUT2D eigenvalue weighted by Crippen LogP contribution is 2.22. The van der Waals surface area contributed by atoms with Gasteiger partial charge in [-0.25, -0.2) is 0 Å². The van der Waals surface area contributed by atoms with Gasteiger partial charge in [0.05, 0.1) is 11.8 Å². The van der Waals surface area contributed by atoms with E-state index >= 15 is 0 Å². The van der Waals surface area contributed by atoms with Crippen molar-refractivity contribution in [2.45, 2.75) is 38.8 Å². The van der Waals surface area contributed by atoms with Crippen molar-refractivity contribution in [3.8, 4) is 0 Å². The van der Waals surface area contributed by atoms with Crippen molar-refractivity contribution >= 4 is 21.8 Å². The van der Waals surface area contributed by atoms with E-state index in [9.17, 15) is 4.79 Å². The SMILES string of the molecule is CCC1CN(C(=O)c2ccoc2Br)C(CC)CN1. The van der Waals surface area contributed by atoms with Gasteiger partial charge in [0.15, 0.2) is 4.67 Å². The molecule has 2 rings (SSSR count). The van der Waals surface area contributed by atoms with Crippen molar-refractivity contribution in [2.24, 2.45) is 0 Å². The summed E-state index contributed by atoms with van der Waals surface area (Å²) in [5.41, 5.74) is 0.616. The van der Waals surface area contributed by atoms with Crippen LogP contribution in [0, 0.1) is 0 Å². The molecule has 1 aliphatic rings. The second kappa shape index (κ2) is 5.89. The van der Waals surface area contributed by atoms with Crippen molar-refractivity contribution in [1.29, 1.82) is 0 Å². The highest BCUT2D eigenvalue weighted by Gasteiger charge is 2.31. The molecule has 0 saturated carbocycles. The Kier molecular flexibility index (Phi) is 4.45. The molecule has 1 fully saturated rings. The quantitative estimate of drug-likeness (QED) is 0.933. The van der Waals surface area contributed by atoms with E-state index in [-0.39, 0.29) is 11.9 Å². The molecule has 100 valence electrons. The average molecular weight is 315 g/mol. The predicted octanol–water partition coefficient (Wildman–Crippen LogP) is 2.64. The normalized spacial score (nSPS) is 24.3. The molecule has 2 unspecified atom stereocenters. The third-order valence-electron chi connectivity index (χ3n) is 3.57. The van der Waals surface area contributed by atoms with Crippen LogP contribution < -0.4 is 5.32 Å². The zero-order valence-electron chi connectivity index (χ0n) is 10.8. The van der Waals surface area contributed by atoms with Crippen LogP contribution in [0.3, 0.4) is 0 Å². The summed E-state index contributed by atoms with van der Waals surface area (Å²) in [6, 6.07) is 2.38. The van der Waals surface area contributed by atoms with Gasteiger partial charge in [0.2, 0.25) is 0 Å². The van der Waals surface area contributed by atoms with E-state index in [1.165, 1.54) is 6.26 Å². The summed E-state index contributed by atoms with van der Waals surface area (Å²) in [5, 5.41) is 3.49. The number of nitrogens with zero attached hydrogens (tertiary/aromatic N) is 1. The first-order valence-corrected chi connectivity index (χ1v) is 7.24. The highest BCUT2D eigenvalue weighted by molar-refractivity contribution is 9.10. The number of carbonyl (C=O) groups is 1. The zero-order chi connectivity index (χ0) is 13.1. The molecular formula is C13H19BrN2O2. The van der Waals surface area contributed by atoms with Crippen LogP contribution in [0.25, 0.3) is 0 Å². The van der Waals surface area contributed by atoms with Crippen molar-refractivity contribution in [3.63, 3.8) is 0 Å². The van der Waals surface area contributed by atoms with Crippen LogP contribution in [0.1, 0.15) is 37.0 Å². The number of hydrogen-bond acceptors (Lipinski definition) is 3. The van der Waals surface area contributed by atoms with Crippen molar-refractivity contribution in [2.75, 3.05) is 13.1 Å². The Bertz CT molecular complexity index is 419. The van der Waals surface area contributed by atoms with Gasteiger partial charge in [-0.3, -0.25) is 4.79 Å². The number of piperazine rings is 1. The third kappa shape index (κ3) is 2.62. The number of amides is 1. The predicted molar refractivity (Wildman–Crippen MR) is 73.6 cm³/mol. The largest absolute Gasteiger partial charge is 0.457 e. The van der Waals surface area contributed by atoms with E-state index in [0.717, 1.165) is 25.9 Å². The molecule has 2 atom stereocenters. The monoisotopic (exact) mass is 314 g/mol. The maximum absolute atomic E-state index is 12.5. The fourth-order valence-corrected chi connectivity index (χ4v) is 2.76. The third-order valence-corrected chi connectivity index (χ3v) is 4.19. The Labute approximate surface area is 116 Å². The van der Waals surface area contributed by atoms with E-state index in [1.807, 2.05) is 4.90 Å². The first-order valence-electron chi connectivity index (χ1n) is 6.44. The topological polar surface area (TPSA) is 45.5 Å². The summed E-state index contributed by atoms with van der Waals surface area (Å²) in [4.78, 5) is 14.5. The number of rotatable bonds is 3. The number of carbonyl (C=O) groups excluding carboxylic acids is 1. The van der Waals surface area contributed by atoms with Gasteiger partial charge in [0, 0.05) is 25.2 Å². The average Bonchev–Trinajstić information content (AvgIpc) is 2.83. The smallest absolute Gasteiger partial charge is 0.258 e. The fraction of sp³-hybridized carbons (Fsp3) is 0.615. The van der Waals surface area contributed by atoms with Crippen molar-refractivity contribution in [3.05, 3.63) is 22.6 Å². The van der Waals surface area contributed by atoms with E-state index in [0.29, 0.717) is 16.3 Å². The van der Waals surface area contributed by atoms with E-state index in [1.54, 1.807) is 6.07 Å². The summed E-state index contributed by atoms with van der Waals surface area (Å²) in [6.07, 6.45) is 3.54. The number of nitrogens with one attached hydrogen (secondary N) is 1. The molecule has 4 nitrogen and oxygen atoms in total. The Morgan fingerprint density at radius 3 is 2.89 bits per heavy atom. The second-order valence-electron chi connectivity index (χ2n) is 4.64. The van der Waals surface area contributed by atoms with Crippen LogP contribution in [-0.2, 0) is 0 Å². The van der Waals surface area contributed by atoms with E-state index < -0.39 is 0 Å². The summed E-state index contributed by atoms with van der Waals surface area (Å²) in [5.74, 6) is 0.0578. The van der Waals surface area contributed by atoms with Crippen LogP contribution in [0.15, 0.2) is 21.4 Å². The minimum Gasteiger partial charge on any atom is -0.457 e. The minimum atomic E-state index is 0.0578. The lowest BCUT2D eigenvalue weighted by Crippen LogP contribution is -2.57. The molecule has 1 N–H and O–H groups in total. The lowest BCUT2D eigenvalue weighted by molar-refractivity contribution is 0.0574. The van der Waals surface area contributed by atoms with Gasteiger partial charge in [0.1, 0.15) is 0 Å². The van der Waals surface area contributed by atoms with Crippen LogP contribution >= 0.6 is 15.9 Å². The van der Waals surface area contributed by atoms with E-state index in [4.69, 9.17) is 4.42 Å². The minimum absolute atomic E-state index is 0.0578. The van der Waals surface area contributed by atoms with Gasteiger partial charge in [-0.05, 0) is 34.8 Å². The second-order valence-corrected chi connectivity index (χ2v) is 5.36. The zero-order valence-corrected chi connectivity index (χ0v) is 12.4. The number of halogens is 1. The first kappa shape index (κ1) is 13.6. The first-order chi connectivity index (χ1) is 8.67. The standard InChI is InChI=1S/C13H19BrN2O2/c1-3-9-8-16(10(4-2)7-15-9)13(17)11-5-6-18-12(11)14/h5-6,9-10,15H,3-4,7-8H2,1-2H3. The molecule has 1 aliphatic heterocycles. The molecule has 18 heavy (non-hydrogen) atoms. The van der Waals surface area contributed by atoms with Gasteiger partial charge >= 0.3 is 0 Å². The number of hydrogen-bond donors (Lipinski definition) is 1. The number of furan rings is 1. The molecule has 0 radical (unpaired) electrons. The molecule has 0 aromatic carbocycles. The maximum atomic E-state index is 12.5. The van der Waals surface area contributed by atoms with Crippen molar-refractivity contribution < 1.29 is 9.21 Å². The summed E-state index contributed by atoms with van der Waals surface area (Å²) >= 11 is 3.28. The Morgan fingerprint density at radius 1 is 1.56 bits per heavy atom. The molecule has 1 aromatic rings.